The molecule has 0 radical (unpaired) electrons. The van der Waals surface area contributed by atoms with Gasteiger partial charge in [0.05, 0.1) is 16.9 Å². The van der Waals surface area contributed by atoms with Crippen molar-refractivity contribution in [3.05, 3.63) is 58.9 Å². The van der Waals surface area contributed by atoms with Gasteiger partial charge in [0.2, 0.25) is 0 Å². The van der Waals surface area contributed by atoms with Crippen molar-refractivity contribution >= 4 is 28.9 Å². The van der Waals surface area contributed by atoms with Crippen LogP contribution in [-0.2, 0) is 0 Å². The molecule has 0 aliphatic carbocycles. The smallest absolute Gasteiger partial charge is 0.337 e. The normalized spacial score (nSPS) is 10.3. The summed E-state index contributed by atoms with van der Waals surface area (Å²) in [5.74, 6) is -1.49. The number of carbonyl (C=O) groups is 1. The van der Waals surface area contributed by atoms with E-state index in [9.17, 15) is 14.3 Å². The van der Waals surface area contributed by atoms with Gasteiger partial charge in [0, 0.05) is 11.6 Å². The number of rotatable bonds is 4. The van der Waals surface area contributed by atoms with Gasteiger partial charge in [-0.05, 0) is 37.3 Å². The third-order valence-corrected chi connectivity index (χ3v) is 3.18. The molecule has 0 bridgehead atoms. The fraction of sp³-hybridized carbons (Fsp3) is 0.133. The monoisotopic (exact) mass is 293 g/mol. The van der Waals surface area contributed by atoms with Crippen LogP contribution in [0.15, 0.2) is 42.5 Å². The molecule has 0 aliphatic heterocycles. The molecule has 2 aromatic rings. The van der Waals surface area contributed by atoms with Crippen molar-refractivity contribution in [2.24, 2.45) is 0 Å². The highest BCUT2D eigenvalue weighted by Gasteiger charge is 2.18. The predicted octanol–water partition coefficient (Wildman–Crippen LogP) is 4.34. The largest absolute Gasteiger partial charge is 0.478 e. The number of hydrogen-bond acceptors (Lipinski definition) is 2. The third kappa shape index (κ3) is 2.75. The molecule has 2 rings (SSSR count). The Morgan fingerprint density at radius 2 is 1.95 bits per heavy atom. The number of hydrogen-bond donors (Lipinski definition) is 1. The van der Waals surface area contributed by atoms with E-state index in [1.165, 1.54) is 24.3 Å². The van der Waals surface area contributed by atoms with E-state index in [0.717, 1.165) is 0 Å². The van der Waals surface area contributed by atoms with Crippen LogP contribution in [0.3, 0.4) is 0 Å². The van der Waals surface area contributed by atoms with E-state index in [2.05, 4.69) is 0 Å². The van der Waals surface area contributed by atoms with Gasteiger partial charge in [-0.3, -0.25) is 0 Å². The molecule has 0 aliphatic rings. The van der Waals surface area contributed by atoms with Crippen LogP contribution in [0.4, 0.5) is 15.8 Å². The van der Waals surface area contributed by atoms with Crippen LogP contribution < -0.4 is 4.90 Å². The molecular formula is C15H13ClFNO2. The van der Waals surface area contributed by atoms with E-state index in [1.54, 1.807) is 23.1 Å². The number of carboxylic acid groups (broad SMARTS) is 1. The number of benzene rings is 2. The first-order valence-electron chi connectivity index (χ1n) is 6.09. The van der Waals surface area contributed by atoms with Gasteiger partial charge in [-0.1, -0.05) is 23.7 Å². The zero-order valence-corrected chi connectivity index (χ0v) is 11.6. The third-order valence-electron chi connectivity index (χ3n) is 2.94. The molecule has 2 aromatic carbocycles. The first-order valence-corrected chi connectivity index (χ1v) is 6.47. The minimum absolute atomic E-state index is 0.0829. The number of carboxylic acids is 1. The van der Waals surface area contributed by atoms with E-state index in [1.807, 2.05) is 6.92 Å². The molecule has 0 spiro atoms. The molecule has 0 aromatic heterocycles. The summed E-state index contributed by atoms with van der Waals surface area (Å²) in [6.45, 7) is 2.24. The van der Waals surface area contributed by atoms with E-state index < -0.39 is 11.8 Å². The molecule has 0 amide bonds. The Bertz CT molecular complexity index is 646. The van der Waals surface area contributed by atoms with E-state index in [0.29, 0.717) is 22.9 Å². The fourth-order valence-corrected chi connectivity index (χ4v) is 2.22. The summed E-state index contributed by atoms with van der Waals surface area (Å²) in [5.41, 5.74) is 0.775. The van der Waals surface area contributed by atoms with Crippen LogP contribution in [0.1, 0.15) is 17.3 Å². The number of aromatic carboxylic acids is 1. The van der Waals surface area contributed by atoms with Gasteiger partial charge in [-0.25, -0.2) is 9.18 Å². The van der Waals surface area contributed by atoms with E-state index in [-0.39, 0.29) is 5.56 Å². The first kappa shape index (κ1) is 14.3. The first-order chi connectivity index (χ1) is 9.54. The second kappa shape index (κ2) is 5.92. The maximum atomic E-state index is 13.9. The molecule has 1 N–H and O–H groups in total. The Labute approximate surface area is 121 Å². The number of nitrogens with zero attached hydrogens (tertiary/aromatic N) is 1. The van der Waals surface area contributed by atoms with Crippen LogP contribution in [0.25, 0.3) is 0 Å². The van der Waals surface area contributed by atoms with Crippen LogP contribution in [0.5, 0.6) is 0 Å². The van der Waals surface area contributed by atoms with Crippen molar-refractivity contribution in [3.63, 3.8) is 0 Å². The van der Waals surface area contributed by atoms with Crippen molar-refractivity contribution in [1.82, 2.24) is 0 Å². The van der Waals surface area contributed by atoms with Crippen LogP contribution >= 0.6 is 11.6 Å². The molecule has 0 atom stereocenters. The van der Waals surface area contributed by atoms with Crippen molar-refractivity contribution < 1.29 is 14.3 Å². The van der Waals surface area contributed by atoms with Crippen LogP contribution in [0.2, 0.25) is 5.02 Å². The Morgan fingerprint density at radius 1 is 1.25 bits per heavy atom. The van der Waals surface area contributed by atoms with E-state index >= 15 is 0 Å². The van der Waals surface area contributed by atoms with Gasteiger partial charge in [0.25, 0.3) is 0 Å². The predicted molar refractivity (Wildman–Crippen MR) is 77.5 cm³/mol. The van der Waals surface area contributed by atoms with Gasteiger partial charge in [0.15, 0.2) is 0 Å². The Hall–Kier alpha value is -2.07. The summed E-state index contributed by atoms with van der Waals surface area (Å²) >= 11 is 5.94. The number of halogens is 2. The lowest BCUT2D eigenvalue weighted by Crippen LogP contribution is -2.20. The molecule has 0 unspecified atom stereocenters. The quantitative estimate of drug-likeness (QED) is 0.912. The van der Waals surface area contributed by atoms with E-state index in [4.69, 9.17) is 11.6 Å². The van der Waals surface area contributed by atoms with Gasteiger partial charge in [-0.2, -0.15) is 0 Å². The summed E-state index contributed by atoms with van der Waals surface area (Å²) < 4.78 is 13.9. The van der Waals surface area contributed by atoms with Crippen molar-refractivity contribution in [2.75, 3.05) is 11.4 Å². The highest BCUT2D eigenvalue weighted by atomic mass is 35.5. The molecule has 3 nitrogen and oxygen atoms in total. The SMILES string of the molecule is CCN(c1ccccc1F)c1cc(Cl)ccc1C(=O)O. The molecule has 0 fully saturated rings. The zero-order chi connectivity index (χ0) is 14.7. The maximum absolute atomic E-state index is 13.9. The summed E-state index contributed by atoms with van der Waals surface area (Å²) in [6.07, 6.45) is 0. The molecule has 5 heteroatoms. The summed E-state index contributed by atoms with van der Waals surface area (Å²) in [5, 5.41) is 9.66. The van der Waals surface area contributed by atoms with Gasteiger partial charge < -0.3 is 10.0 Å². The Morgan fingerprint density at radius 3 is 2.55 bits per heavy atom. The number of anilines is 2. The summed E-state index contributed by atoms with van der Waals surface area (Å²) in [4.78, 5) is 12.9. The second-order valence-electron chi connectivity index (χ2n) is 4.16. The highest BCUT2D eigenvalue weighted by Crippen LogP contribution is 2.32. The summed E-state index contributed by atoms with van der Waals surface area (Å²) in [7, 11) is 0. The standard InChI is InChI=1S/C15H13ClFNO2/c1-2-18(13-6-4-3-5-12(13)17)14-9-10(16)7-8-11(14)15(19)20/h3-9H,2H2,1H3,(H,19,20). The van der Waals surface area contributed by atoms with Gasteiger partial charge >= 0.3 is 5.97 Å². The zero-order valence-electron chi connectivity index (χ0n) is 10.8. The lowest BCUT2D eigenvalue weighted by molar-refractivity contribution is 0.0697. The summed E-state index contributed by atoms with van der Waals surface area (Å²) in [6, 6.07) is 10.7. The topological polar surface area (TPSA) is 40.5 Å². The molecule has 0 heterocycles. The molecular weight excluding hydrogens is 281 g/mol. The number of para-hydroxylation sites is 1. The minimum Gasteiger partial charge on any atom is -0.478 e. The van der Waals surface area contributed by atoms with Gasteiger partial charge in [0.1, 0.15) is 5.82 Å². The van der Waals surface area contributed by atoms with Crippen LogP contribution in [-0.4, -0.2) is 17.6 Å². The fourth-order valence-electron chi connectivity index (χ4n) is 2.05. The average molecular weight is 294 g/mol. The molecule has 0 saturated heterocycles. The van der Waals surface area contributed by atoms with Crippen molar-refractivity contribution in [3.8, 4) is 0 Å². The average Bonchev–Trinajstić information content (AvgIpc) is 2.41. The molecule has 0 saturated carbocycles. The molecule has 20 heavy (non-hydrogen) atoms. The van der Waals surface area contributed by atoms with Gasteiger partial charge in [-0.15, -0.1) is 0 Å². The Balaban J connectivity index is 2.60. The van der Waals surface area contributed by atoms with Crippen molar-refractivity contribution in [1.29, 1.82) is 0 Å². The maximum Gasteiger partial charge on any atom is 0.337 e. The van der Waals surface area contributed by atoms with Crippen LogP contribution in [0, 0.1) is 5.82 Å². The lowest BCUT2D eigenvalue weighted by Gasteiger charge is -2.25. The lowest BCUT2D eigenvalue weighted by atomic mass is 10.1. The minimum atomic E-state index is -1.08. The Kier molecular flexibility index (Phi) is 4.25. The van der Waals surface area contributed by atoms with Crippen molar-refractivity contribution in [2.45, 2.75) is 6.92 Å². The highest BCUT2D eigenvalue weighted by molar-refractivity contribution is 6.31. The second-order valence-corrected chi connectivity index (χ2v) is 4.60. The molecule has 104 valence electrons.